The summed E-state index contributed by atoms with van der Waals surface area (Å²) in [6.07, 6.45) is 4.36. The summed E-state index contributed by atoms with van der Waals surface area (Å²) >= 11 is 0. The van der Waals surface area contributed by atoms with Crippen LogP contribution in [0.5, 0.6) is 0 Å². The fraction of sp³-hybridized carbons (Fsp3) is 0.174. The number of hydrogen-bond acceptors (Lipinski definition) is 7. The molecule has 1 aliphatic rings. The number of benzene rings is 2. The molecule has 8 heteroatoms. The summed E-state index contributed by atoms with van der Waals surface area (Å²) < 4.78 is 0. The van der Waals surface area contributed by atoms with Crippen molar-refractivity contribution in [1.82, 2.24) is 20.3 Å². The number of rotatable bonds is 5. The smallest absolute Gasteiger partial charge is 0.230 e. The maximum atomic E-state index is 11.3. The molecule has 0 radical (unpaired) electrons. The minimum Gasteiger partial charge on any atom is -0.326 e. The van der Waals surface area contributed by atoms with Gasteiger partial charge >= 0.3 is 0 Å². The molecule has 0 saturated carbocycles. The summed E-state index contributed by atoms with van der Waals surface area (Å²) in [6.45, 7) is 2.17. The normalized spacial score (nSPS) is 15.5. The molecule has 0 aliphatic carbocycles. The minimum atomic E-state index is -0.130. The van der Waals surface area contributed by atoms with E-state index in [0.717, 1.165) is 17.7 Å². The van der Waals surface area contributed by atoms with Crippen LogP contribution in [0, 0.1) is 11.3 Å². The Balaban J connectivity index is 1.48. The van der Waals surface area contributed by atoms with E-state index in [4.69, 9.17) is 5.26 Å². The molecule has 1 atom stereocenters. The van der Waals surface area contributed by atoms with Gasteiger partial charge in [0.1, 0.15) is 6.33 Å². The average Bonchev–Trinajstić information content (AvgIpc) is 2.79. The van der Waals surface area contributed by atoms with E-state index in [1.165, 1.54) is 18.8 Å². The lowest BCUT2D eigenvalue weighted by atomic mass is 9.94. The van der Waals surface area contributed by atoms with Crippen LogP contribution in [0.3, 0.4) is 0 Å². The lowest BCUT2D eigenvalue weighted by Crippen LogP contribution is -2.27. The Hall–Kier alpha value is -4.09. The summed E-state index contributed by atoms with van der Waals surface area (Å²) in [5, 5.41) is 18.3. The standard InChI is InChI=1S/C23H21N7O/c1-15(31)28-19-3-2-4-20(12-19)29-23-27-14-26-22(30-23)21-11-18(9-10-25-21)17-7-5-16(13-24)6-8-17/h2-9,12,14,21,25H,10-11H2,1H3,(H,28,31)(H,26,27,29,30). The summed E-state index contributed by atoms with van der Waals surface area (Å²) in [6, 6.07) is 17.0. The Morgan fingerprint density at radius 2 is 1.97 bits per heavy atom. The van der Waals surface area contributed by atoms with Gasteiger partial charge in [-0.1, -0.05) is 24.3 Å². The Bertz CT molecular complexity index is 1170. The predicted octanol–water partition coefficient (Wildman–Crippen LogP) is 3.56. The van der Waals surface area contributed by atoms with Gasteiger partial charge in [-0.15, -0.1) is 0 Å². The summed E-state index contributed by atoms with van der Waals surface area (Å²) in [7, 11) is 0. The third-order valence-electron chi connectivity index (χ3n) is 4.86. The zero-order valence-electron chi connectivity index (χ0n) is 17.0. The van der Waals surface area contributed by atoms with Gasteiger partial charge in [-0.05, 0) is 47.9 Å². The van der Waals surface area contributed by atoms with Crippen molar-refractivity contribution in [3.05, 3.63) is 77.9 Å². The molecule has 4 rings (SSSR count). The quantitative estimate of drug-likeness (QED) is 0.588. The minimum absolute atomic E-state index is 0.0510. The Morgan fingerprint density at radius 1 is 1.16 bits per heavy atom. The summed E-state index contributed by atoms with van der Waals surface area (Å²) in [5.41, 5.74) is 4.38. The van der Waals surface area contributed by atoms with Crippen molar-refractivity contribution in [3.63, 3.8) is 0 Å². The van der Waals surface area contributed by atoms with Crippen LogP contribution in [0.25, 0.3) is 5.57 Å². The SMILES string of the molecule is CC(=O)Nc1cccc(Nc2ncnc(C3CC(c4ccc(C#N)cc4)=CCN3)n2)c1. The summed E-state index contributed by atoms with van der Waals surface area (Å²) in [4.78, 5) is 24.4. The van der Waals surface area contributed by atoms with Crippen molar-refractivity contribution in [2.45, 2.75) is 19.4 Å². The number of anilines is 3. The highest BCUT2D eigenvalue weighted by Gasteiger charge is 2.21. The van der Waals surface area contributed by atoms with Gasteiger partial charge in [0.15, 0.2) is 5.82 Å². The first kappa shape index (κ1) is 20.2. The van der Waals surface area contributed by atoms with E-state index in [1.54, 1.807) is 0 Å². The molecular weight excluding hydrogens is 390 g/mol. The van der Waals surface area contributed by atoms with Gasteiger partial charge in [-0.25, -0.2) is 9.97 Å². The number of nitriles is 1. The van der Waals surface area contributed by atoms with Crippen molar-refractivity contribution < 1.29 is 4.79 Å². The van der Waals surface area contributed by atoms with Crippen molar-refractivity contribution >= 4 is 28.8 Å². The highest BCUT2D eigenvalue weighted by atomic mass is 16.1. The number of nitrogens with one attached hydrogen (secondary N) is 3. The van der Waals surface area contributed by atoms with Crippen molar-refractivity contribution in [1.29, 1.82) is 5.26 Å². The molecule has 0 bridgehead atoms. The van der Waals surface area contributed by atoms with Crippen LogP contribution >= 0.6 is 0 Å². The third kappa shape index (κ3) is 5.10. The molecule has 3 N–H and O–H groups in total. The third-order valence-corrected chi connectivity index (χ3v) is 4.86. The molecule has 1 aliphatic heterocycles. The van der Waals surface area contributed by atoms with Crippen LogP contribution in [-0.2, 0) is 4.79 Å². The number of nitrogens with zero attached hydrogens (tertiary/aromatic N) is 4. The van der Waals surface area contributed by atoms with Gasteiger partial charge in [-0.2, -0.15) is 10.2 Å². The van der Waals surface area contributed by atoms with E-state index < -0.39 is 0 Å². The topological polar surface area (TPSA) is 116 Å². The van der Waals surface area contributed by atoms with Crippen molar-refractivity contribution in [3.8, 4) is 6.07 Å². The number of hydrogen-bond donors (Lipinski definition) is 3. The van der Waals surface area contributed by atoms with Crippen LogP contribution in [0.2, 0.25) is 0 Å². The van der Waals surface area contributed by atoms with Crippen molar-refractivity contribution in [2.24, 2.45) is 0 Å². The molecule has 154 valence electrons. The molecule has 2 heterocycles. The molecule has 2 aromatic carbocycles. The number of aromatic nitrogens is 3. The highest BCUT2D eigenvalue weighted by molar-refractivity contribution is 5.89. The molecule has 8 nitrogen and oxygen atoms in total. The van der Waals surface area contributed by atoms with E-state index in [1.807, 2.05) is 48.5 Å². The zero-order chi connectivity index (χ0) is 21.6. The zero-order valence-corrected chi connectivity index (χ0v) is 17.0. The fourth-order valence-corrected chi connectivity index (χ4v) is 3.42. The van der Waals surface area contributed by atoms with Crippen LogP contribution in [-0.4, -0.2) is 27.4 Å². The molecule has 1 unspecified atom stereocenters. The van der Waals surface area contributed by atoms with E-state index in [9.17, 15) is 4.79 Å². The number of carbonyl (C=O) groups excluding carboxylic acids is 1. The van der Waals surface area contributed by atoms with Gasteiger partial charge in [0.05, 0.1) is 17.7 Å². The second-order valence-electron chi connectivity index (χ2n) is 7.14. The number of amides is 1. The van der Waals surface area contributed by atoms with Crippen LogP contribution in [0.15, 0.2) is 60.9 Å². The van der Waals surface area contributed by atoms with Gasteiger partial charge in [0, 0.05) is 24.8 Å². The molecule has 0 saturated heterocycles. The largest absolute Gasteiger partial charge is 0.326 e. The molecular formula is C23H21N7O. The van der Waals surface area contributed by atoms with Gasteiger partial charge < -0.3 is 16.0 Å². The monoisotopic (exact) mass is 411 g/mol. The van der Waals surface area contributed by atoms with E-state index in [0.29, 0.717) is 29.6 Å². The lowest BCUT2D eigenvalue weighted by Gasteiger charge is -2.23. The molecule has 0 fully saturated rings. The Morgan fingerprint density at radius 3 is 2.74 bits per heavy atom. The van der Waals surface area contributed by atoms with Crippen molar-refractivity contribution in [2.75, 3.05) is 17.2 Å². The van der Waals surface area contributed by atoms with Crippen LogP contribution in [0.1, 0.15) is 36.3 Å². The average molecular weight is 411 g/mol. The van der Waals surface area contributed by atoms with Gasteiger partial charge in [0.25, 0.3) is 0 Å². The summed E-state index contributed by atoms with van der Waals surface area (Å²) in [5.74, 6) is 0.949. The van der Waals surface area contributed by atoms with Crippen LogP contribution in [0.4, 0.5) is 17.3 Å². The van der Waals surface area contributed by atoms with E-state index >= 15 is 0 Å². The lowest BCUT2D eigenvalue weighted by molar-refractivity contribution is -0.114. The molecule has 3 aromatic rings. The van der Waals surface area contributed by atoms with Crippen LogP contribution < -0.4 is 16.0 Å². The maximum Gasteiger partial charge on any atom is 0.230 e. The second kappa shape index (κ2) is 9.15. The first-order valence-electron chi connectivity index (χ1n) is 9.87. The molecule has 31 heavy (non-hydrogen) atoms. The molecule has 1 aromatic heterocycles. The molecule has 0 spiro atoms. The Kier molecular flexibility index (Phi) is 5.96. The first-order valence-corrected chi connectivity index (χ1v) is 9.87. The molecule has 1 amide bonds. The van der Waals surface area contributed by atoms with Gasteiger partial charge in [-0.3, -0.25) is 4.79 Å². The van der Waals surface area contributed by atoms with E-state index in [2.05, 4.69) is 43.0 Å². The predicted molar refractivity (Wildman–Crippen MR) is 118 cm³/mol. The maximum absolute atomic E-state index is 11.3. The van der Waals surface area contributed by atoms with Gasteiger partial charge in [0.2, 0.25) is 11.9 Å². The Labute approximate surface area is 180 Å². The van der Waals surface area contributed by atoms with E-state index in [-0.39, 0.29) is 11.9 Å². The second-order valence-corrected chi connectivity index (χ2v) is 7.14. The fourth-order valence-electron chi connectivity index (χ4n) is 3.42. The number of carbonyl (C=O) groups is 1. The highest BCUT2D eigenvalue weighted by Crippen LogP contribution is 2.29. The first-order chi connectivity index (χ1) is 15.1.